The summed E-state index contributed by atoms with van der Waals surface area (Å²) in [4.78, 5) is 54.4. The summed E-state index contributed by atoms with van der Waals surface area (Å²) < 4.78 is 0. The minimum atomic E-state index is -1.12. The van der Waals surface area contributed by atoms with Crippen molar-refractivity contribution in [3.63, 3.8) is 0 Å². The molecule has 6 N–H and O–H groups in total. The number of rotatable bonds is 9. The Balaban J connectivity index is 1.22. The molecule has 1 aliphatic carbocycles. The minimum absolute atomic E-state index is 0.0276. The van der Waals surface area contributed by atoms with Gasteiger partial charge in [0.1, 0.15) is 5.70 Å². The van der Waals surface area contributed by atoms with Gasteiger partial charge in [0.05, 0.1) is 24.5 Å². The number of carboxylic acids is 1. The van der Waals surface area contributed by atoms with E-state index in [4.69, 9.17) is 5.73 Å². The molecule has 0 aromatic heterocycles. The van der Waals surface area contributed by atoms with E-state index in [-0.39, 0.29) is 59.3 Å². The van der Waals surface area contributed by atoms with Crippen LogP contribution in [0.2, 0.25) is 0 Å². The standard InChI is InChI=1S/C24H36N6O5S/c1-11-19-18(12(2)28-17(31)9-26-14-3-4-14)23(33)30(19)20(24(34)35)21(11)36-15-7-16(27-8-15)22(32)29-6-5-13(25)10-29/h11-16,18-19,26-27H,3-10,25H2,1-2H3,(H,28,31)(H,34,35)/t11-,12-,13-,15+,16+,18-,19-/m1/s1. The Hall–Kier alpha value is -2.15. The summed E-state index contributed by atoms with van der Waals surface area (Å²) in [6, 6.07) is -0.549. The van der Waals surface area contributed by atoms with Crippen molar-refractivity contribution < 1.29 is 24.3 Å². The van der Waals surface area contributed by atoms with Crippen LogP contribution in [0.4, 0.5) is 0 Å². The highest BCUT2D eigenvalue weighted by molar-refractivity contribution is 8.03. The molecule has 11 nitrogen and oxygen atoms in total. The van der Waals surface area contributed by atoms with Crippen LogP contribution in [0.5, 0.6) is 0 Å². The average molecular weight is 521 g/mol. The number of aliphatic carboxylic acids is 1. The van der Waals surface area contributed by atoms with Gasteiger partial charge in [-0.1, -0.05) is 6.92 Å². The molecule has 0 spiro atoms. The van der Waals surface area contributed by atoms with Gasteiger partial charge in [-0.25, -0.2) is 4.79 Å². The number of hydrogen-bond donors (Lipinski definition) is 5. The number of carbonyl (C=O) groups is 4. The molecular weight excluding hydrogens is 484 g/mol. The molecule has 1 saturated carbocycles. The van der Waals surface area contributed by atoms with Crippen molar-refractivity contribution in [3.05, 3.63) is 10.6 Å². The number of nitrogens with two attached hydrogens (primary N) is 1. The van der Waals surface area contributed by atoms with Crippen LogP contribution < -0.4 is 21.7 Å². The number of hydrogen-bond acceptors (Lipinski definition) is 8. The van der Waals surface area contributed by atoms with Gasteiger partial charge in [-0.2, -0.15) is 0 Å². The van der Waals surface area contributed by atoms with Gasteiger partial charge >= 0.3 is 5.97 Å². The van der Waals surface area contributed by atoms with Gasteiger partial charge in [0, 0.05) is 53.8 Å². The summed E-state index contributed by atoms with van der Waals surface area (Å²) in [6.45, 7) is 5.83. The Labute approximate surface area is 214 Å². The Kier molecular flexibility index (Phi) is 7.05. The lowest BCUT2D eigenvalue weighted by Crippen LogP contribution is -2.66. The molecule has 0 aromatic carbocycles. The van der Waals surface area contributed by atoms with E-state index in [9.17, 15) is 24.3 Å². The monoisotopic (exact) mass is 520 g/mol. The maximum atomic E-state index is 13.1. The van der Waals surface area contributed by atoms with Gasteiger partial charge in [-0.05, 0) is 32.6 Å². The number of β-lactam (4-membered cyclic amide) rings is 1. The predicted octanol–water partition coefficient (Wildman–Crippen LogP) is -0.961. The van der Waals surface area contributed by atoms with Crippen LogP contribution in [0, 0.1) is 11.8 Å². The van der Waals surface area contributed by atoms with Gasteiger partial charge in [-0.3, -0.25) is 14.4 Å². The fourth-order valence-electron chi connectivity index (χ4n) is 5.98. The van der Waals surface area contributed by atoms with Crippen LogP contribution in [0.3, 0.4) is 0 Å². The molecule has 0 aromatic rings. The maximum Gasteiger partial charge on any atom is 0.353 e. The second-order valence-electron chi connectivity index (χ2n) is 10.8. The molecule has 0 unspecified atom stereocenters. The summed E-state index contributed by atoms with van der Waals surface area (Å²) in [7, 11) is 0. The molecule has 3 amide bonds. The lowest BCUT2D eigenvalue weighted by Gasteiger charge is -2.47. The number of carbonyl (C=O) groups excluding carboxylic acids is 3. The van der Waals surface area contributed by atoms with Crippen LogP contribution in [0.1, 0.15) is 39.5 Å². The molecule has 12 heteroatoms. The second kappa shape index (κ2) is 9.96. The summed E-state index contributed by atoms with van der Waals surface area (Å²) in [5.41, 5.74) is 6.00. The van der Waals surface area contributed by atoms with Crippen molar-refractivity contribution in [1.29, 1.82) is 0 Å². The topological polar surface area (TPSA) is 157 Å². The van der Waals surface area contributed by atoms with Crippen molar-refractivity contribution >= 4 is 35.5 Å². The van der Waals surface area contributed by atoms with Crippen molar-refractivity contribution in [2.24, 2.45) is 17.6 Å². The number of fused-ring (bicyclic) bond motifs is 1. The molecule has 0 radical (unpaired) electrons. The van der Waals surface area contributed by atoms with E-state index in [1.165, 1.54) is 16.7 Å². The average Bonchev–Trinajstić information content (AvgIpc) is 3.26. The van der Waals surface area contributed by atoms with Crippen LogP contribution in [-0.4, -0.2) is 100 Å². The molecule has 36 heavy (non-hydrogen) atoms. The van der Waals surface area contributed by atoms with E-state index in [1.807, 2.05) is 13.8 Å². The largest absolute Gasteiger partial charge is 0.477 e. The Morgan fingerprint density at radius 1 is 1.28 bits per heavy atom. The number of likely N-dealkylation sites (tertiary alicyclic amines) is 1. The van der Waals surface area contributed by atoms with Crippen LogP contribution >= 0.6 is 11.8 Å². The molecule has 7 atom stereocenters. The number of carboxylic acid groups (broad SMARTS) is 1. The van der Waals surface area contributed by atoms with Gasteiger partial charge < -0.3 is 36.6 Å². The summed E-state index contributed by atoms with van der Waals surface area (Å²) in [5, 5.41) is 19.4. The summed E-state index contributed by atoms with van der Waals surface area (Å²) >= 11 is 1.47. The molecule has 198 valence electrons. The van der Waals surface area contributed by atoms with Crippen LogP contribution in [-0.2, 0) is 19.2 Å². The van der Waals surface area contributed by atoms with Crippen LogP contribution in [0.25, 0.3) is 0 Å². The van der Waals surface area contributed by atoms with Crippen LogP contribution in [0.15, 0.2) is 10.6 Å². The van der Waals surface area contributed by atoms with Gasteiger partial charge in [0.15, 0.2) is 0 Å². The lowest BCUT2D eigenvalue weighted by atomic mass is 9.78. The first-order valence-corrected chi connectivity index (χ1v) is 13.8. The molecule has 0 bridgehead atoms. The van der Waals surface area contributed by atoms with Crippen molar-refractivity contribution in [2.45, 2.75) is 75.0 Å². The predicted molar refractivity (Wildman–Crippen MR) is 134 cm³/mol. The zero-order chi connectivity index (χ0) is 25.7. The number of nitrogens with one attached hydrogen (secondary N) is 3. The number of nitrogens with zero attached hydrogens (tertiary/aromatic N) is 2. The molecule has 4 heterocycles. The molecule has 4 fully saturated rings. The second-order valence-corrected chi connectivity index (χ2v) is 12.2. The first-order valence-electron chi connectivity index (χ1n) is 12.9. The normalized spacial score (nSPS) is 34.6. The maximum absolute atomic E-state index is 13.1. The number of amides is 3. The lowest BCUT2D eigenvalue weighted by molar-refractivity contribution is -0.158. The van der Waals surface area contributed by atoms with E-state index < -0.39 is 17.9 Å². The third kappa shape index (κ3) is 4.75. The van der Waals surface area contributed by atoms with Gasteiger partial charge in [0.25, 0.3) is 0 Å². The van der Waals surface area contributed by atoms with E-state index in [1.54, 1.807) is 4.90 Å². The smallest absolute Gasteiger partial charge is 0.353 e. The van der Waals surface area contributed by atoms with E-state index in [2.05, 4.69) is 16.0 Å². The number of thioether (sulfide) groups is 1. The highest BCUT2D eigenvalue weighted by atomic mass is 32.2. The molecule has 3 saturated heterocycles. The quantitative estimate of drug-likeness (QED) is 0.242. The van der Waals surface area contributed by atoms with Crippen molar-refractivity contribution in [1.82, 2.24) is 25.8 Å². The van der Waals surface area contributed by atoms with Gasteiger partial charge in [-0.15, -0.1) is 11.8 Å². The first-order chi connectivity index (χ1) is 17.2. The molecule has 5 aliphatic rings. The van der Waals surface area contributed by atoms with E-state index in [0.717, 1.165) is 19.3 Å². The van der Waals surface area contributed by atoms with Crippen molar-refractivity contribution in [3.8, 4) is 0 Å². The SMILES string of the molecule is C[C@@H](NC(=O)CNC1CC1)[C@H]1C(=O)N2C(C(=O)O)=C(S[C@@H]3CN[C@H](C(=O)N4CC[C@@H](N)C4)C3)[C@H](C)[C@H]12. The molecule has 4 aliphatic heterocycles. The zero-order valence-electron chi connectivity index (χ0n) is 20.7. The Morgan fingerprint density at radius 2 is 2.03 bits per heavy atom. The minimum Gasteiger partial charge on any atom is -0.477 e. The Morgan fingerprint density at radius 3 is 2.67 bits per heavy atom. The molecule has 5 rings (SSSR count). The highest BCUT2D eigenvalue weighted by Gasteiger charge is 2.60. The fraction of sp³-hybridized carbons (Fsp3) is 0.750. The van der Waals surface area contributed by atoms with E-state index in [0.29, 0.717) is 37.0 Å². The summed E-state index contributed by atoms with van der Waals surface area (Å²) in [5.74, 6) is -2.11. The fourth-order valence-corrected chi connectivity index (χ4v) is 7.46. The summed E-state index contributed by atoms with van der Waals surface area (Å²) in [6.07, 6.45) is 3.58. The Bertz CT molecular complexity index is 986. The molecular formula is C24H36N6O5S. The zero-order valence-corrected chi connectivity index (χ0v) is 21.6. The van der Waals surface area contributed by atoms with Gasteiger partial charge in [0.2, 0.25) is 17.7 Å². The third-order valence-corrected chi connectivity index (χ3v) is 9.58. The first kappa shape index (κ1) is 25.5. The van der Waals surface area contributed by atoms with Crippen molar-refractivity contribution in [2.75, 3.05) is 26.2 Å². The third-order valence-electron chi connectivity index (χ3n) is 8.07. The highest BCUT2D eigenvalue weighted by Crippen LogP contribution is 2.51. The van der Waals surface area contributed by atoms with E-state index >= 15 is 0 Å².